The van der Waals surface area contributed by atoms with Crippen molar-refractivity contribution in [3.05, 3.63) is 103 Å². The molecule has 126 valence electrons. The van der Waals surface area contributed by atoms with Gasteiger partial charge in [-0.25, -0.2) is 0 Å². The van der Waals surface area contributed by atoms with Crippen molar-refractivity contribution in [3.8, 4) is 28.0 Å². The van der Waals surface area contributed by atoms with Crippen LogP contribution in [0.2, 0.25) is 0 Å². The molecule has 2 nitrogen and oxygen atoms in total. The van der Waals surface area contributed by atoms with Crippen LogP contribution in [0.3, 0.4) is 0 Å². The van der Waals surface area contributed by atoms with Crippen LogP contribution >= 0.6 is 0 Å². The molecule has 0 amide bonds. The van der Waals surface area contributed by atoms with Crippen molar-refractivity contribution >= 4 is 11.4 Å². The number of rotatable bonds is 4. The fraction of sp³-hybridized carbons (Fsp3) is 0. The van der Waals surface area contributed by atoms with E-state index in [-0.39, 0.29) is 5.75 Å². The lowest BCUT2D eigenvalue weighted by Gasteiger charge is -2.13. The molecule has 0 spiro atoms. The summed E-state index contributed by atoms with van der Waals surface area (Å²) < 4.78 is 0. The molecule has 0 atom stereocenters. The molecule has 0 aliphatic carbocycles. The van der Waals surface area contributed by atoms with Crippen molar-refractivity contribution in [1.82, 2.24) is 0 Å². The zero-order valence-corrected chi connectivity index (χ0v) is 14.3. The third kappa shape index (κ3) is 3.31. The van der Waals surface area contributed by atoms with Crippen LogP contribution in [-0.2, 0) is 0 Å². The van der Waals surface area contributed by atoms with E-state index in [2.05, 4.69) is 35.6 Å². The van der Waals surface area contributed by atoms with E-state index < -0.39 is 0 Å². The highest BCUT2D eigenvalue weighted by molar-refractivity contribution is 5.82. The Labute approximate surface area is 153 Å². The van der Waals surface area contributed by atoms with Gasteiger partial charge in [-0.3, -0.25) is 0 Å². The number of phenolic OH excluding ortho intramolecular Hbond substituents is 1. The van der Waals surface area contributed by atoms with Crippen LogP contribution in [0.25, 0.3) is 22.3 Å². The summed E-state index contributed by atoms with van der Waals surface area (Å²) >= 11 is 0. The zero-order chi connectivity index (χ0) is 17.8. The zero-order valence-electron chi connectivity index (χ0n) is 14.3. The van der Waals surface area contributed by atoms with Crippen LogP contribution < -0.4 is 5.32 Å². The fourth-order valence-corrected chi connectivity index (χ4v) is 3.10. The second-order valence-corrected chi connectivity index (χ2v) is 6.13. The summed E-state index contributed by atoms with van der Waals surface area (Å²) in [5.41, 5.74) is 6.16. The van der Waals surface area contributed by atoms with Crippen molar-refractivity contribution in [2.45, 2.75) is 0 Å². The molecule has 0 radical (unpaired) electrons. The van der Waals surface area contributed by atoms with E-state index in [0.29, 0.717) is 0 Å². The van der Waals surface area contributed by atoms with Crippen LogP contribution in [0.4, 0.5) is 11.4 Å². The van der Waals surface area contributed by atoms with Crippen LogP contribution in [0, 0.1) is 0 Å². The van der Waals surface area contributed by atoms with E-state index in [9.17, 15) is 5.11 Å². The van der Waals surface area contributed by atoms with E-state index in [1.807, 2.05) is 66.7 Å². The van der Waals surface area contributed by atoms with E-state index in [0.717, 1.165) is 28.1 Å². The van der Waals surface area contributed by atoms with Gasteiger partial charge in [0.2, 0.25) is 0 Å². The number of aromatic hydroxyl groups is 1. The molecule has 4 aromatic carbocycles. The molecule has 4 aromatic rings. The van der Waals surface area contributed by atoms with E-state index in [1.54, 1.807) is 6.07 Å². The molecule has 0 aromatic heterocycles. The molecule has 0 heterocycles. The Morgan fingerprint density at radius 1 is 0.538 bits per heavy atom. The van der Waals surface area contributed by atoms with E-state index in [1.165, 1.54) is 5.56 Å². The molecule has 0 saturated carbocycles. The minimum Gasteiger partial charge on any atom is -0.507 e. The summed E-state index contributed by atoms with van der Waals surface area (Å²) in [7, 11) is 0. The normalized spacial score (nSPS) is 10.5. The predicted octanol–water partition coefficient (Wildman–Crippen LogP) is 6.47. The van der Waals surface area contributed by atoms with Gasteiger partial charge < -0.3 is 10.4 Å². The molecule has 0 aliphatic heterocycles. The minimum absolute atomic E-state index is 0.286. The largest absolute Gasteiger partial charge is 0.507 e. The Kier molecular flexibility index (Phi) is 4.40. The minimum atomic E-state index is 0.286. The molecule has 0 saturated heterocycles. The van der Waals surface area contributed by atoms with Crippen molar-refractivity contribution < 1.29 is 5.11 Å². The summed E-state index contributed by atoms with van der Waals surface area (Å²) in [4.78, 5) is 0. The van der Waals surface area contributed by atoms with Gasteiger partial charge in [-0.2, -0.15) is 0 Å². The highest BCUT2D eigenvalue weighted by Crippen LogP contribution is 2.33. The second kappa shape index (κ2) is 7.16. The van der Waals surface area contributed by atoms with Gasteiger partial charge in [-0.05, 0) is 35.4 Å². The Morgan fingerprint density at radius 3 is 2.00 bits per heavy atom. The summed E-state index contributed by atoms with van der Waals surface area (Å²) in [6, 6.07) is 34.1. The third-order valence-electron chi connectivity index (χ3n) is 4.37. The van der Waals surface area contributed by atoms with Crippen molar-refractivity contribution in [3.63, 3.8) is 0 Å². The number of nitrogens with one attached hydrogen (secondary N) is 1. The monoisotopic (exact) mass is 337 g/mol. The molecule has 0 fully saturated rings. The van der Waals surface area contributed by atoms with Crippen molar-refractivity contribution in [2.24, 2.45) is 0 Å². The first-order valence-corrected chi connectivity index (χ1v) is 8.61. The first-order valence-electron chi connectivity index (χ1n) is 8.61. The molecule has 0 bridgehead atoms. The third-order valence-corrected chi connectivity index (χ3v) is 4.37. The molecule has 0 unspecified atom stereocenters. The Bertz CT molecular complexity index is 1020. The van der Waals surface area contributed by atoms with Crippen LogP contribution in [0.1, 0.15) is 0 Å². The Balaban J connectivity index is 1.69. The summed E-state index contributed by atoms with van der Waals surface area (Å²) in [5, 5.41) is 13.6. The summed E-state index contributed by atoms with van der Waals surface area (Å²) in [5.74, 6) is 0.286. The Morgan fingerprint density at radius 2 is 1.19 bits per heavy atom. The van der Waals surface area contributed by atoms with Gasteiger partial charge in [0.15, 0.2) is 0 Å². The van der Waals surface area contributed by atoms with Gasteiger partial charge in [-0.1, -0.05) is 78.9 Å². The Hall–Kier alpha value is -3.52. The van der Waals surface area contributed by atoms with Gasteiger partial charge >= 0.3 is 0 Å². The van der Waals surface area contributed by atoms with Crippen molar-refractivity contribution in [2.75, 3.05) is 5.32 Å². The molecule has 4 rings (SSSR count). The number of hydrogen-bond donors (Lipinski definition) is 2. The molecule has 2 N–H and O–H groups in total. The fourth-order valence-electron chi connectivity index (χ4n) is 3.10. The molecular formula is C24H19NO. The maximum Gasteiger partial charge on any atom is 0.123 e. The summed E-state index contributed by atoms with van der Waals surface area (Å²) in [6.07, 6.45) is 0. The molecule has 0 aliphatic rings. The number of hydrogen-bond acceptors (Lipinski definition) is 2. The smallest absolute Gasteiger partial charge is 0.123 e. The lowest BCUT2D eigenvalue weighted by Crippen LogP contribution is -1.93. The van der Waals surface area contributed by atoms with Gasteiger partial charge in [0.05, 0.1) is 0 Å². The molecule has 26 heavy (non-hydrogen) atoms. The summed E-state index contributed by atoms with van der Waals surface area (Å²) in [6.45, 7) is 0. The van der Waals surface area contributed by atoms with Gasteiger partial charge in [0, 0.05) is 22.5 Å². The number of anilines is 2. The van der Waals surface area contributed by atoms with Gasteiger partial charge in [0.25, 0.3) is 0 Å². The number of benzene rings is 4. The standard InChI is InChI=1S/C24H19NO/c26-24-16-7-5-14-22(24)19-11-8-12-20(17-19)25-23-15-6-4-13-21(23)18-9-2-1-3-10-18/h1-17,25-26H. The quantitative estimate of drug-likeness (QED) is 0.447. The number of phenols is 1. The lowest BCUT2D eigenvalue weighted by molar-refractivity contribution is 0.477. The average molecular weight is 337 g/mol. The van der Waals surface area contributed by atoms with Gasteiger partial charge in [0.1, 0.15) is 5.75 Å². The predicted molar refractivity (Wildman–Crippen MR) is 109 cm³/mol. The first kappa shape index (κ1) is 16.0. The van der Waals surface area contributed by atoms with Crippen LogP contribution in [0.5, 0.6) is 5.75 Å². The van der Waals surface area contributed by atoms with E-state index in [4.69, 9.17) is 0 Å². The second-order valence-electron chi connectivity index (χ2n) is 6.13. The first-order chi connectivity index (χ1) is 12.8. The average Bonchev–Trinajstić information content (AvgIpc) is 2.70. The highest BCUT2D eigenvalue weighted by atomic mass is 16.3. The highest BCUT2D eigenvalue weighted by Gasteiger charge is 2.07. The van der Waals surface area contributed by atoms with Gasteiger partial charge in [-0.15, -0.1) is 0 Å². The van der Waals surface area contributed by atoms with E-state index >= 15 is 0 Å². The molecule has 2 heteroatoms. The lowest BCUT2D eigenvalue weighted by atomic mass is 10.0. The maximum atomic E-state index is 10.1. The SMILES string of the molecule is Oc1ccccc1-c1cccc(Nc2ccccc2-c2ccccc2)c1. The van der Waals surface area contributed by atoms with Crippen LogP contribution in [0.15, 0.2) is 103 Å². The van der Waals surface area contributed by atoms with Crippen molar-refractivity contribution in [1.29, 1.82) is 0 Å². The molecular weight excluding hydrogens is 318 g/mol. The maximum absolute atomic E-state index is 10.1. The van der Waals surface area contributed by atoms with Crippen LogP contribution in [-0.4, -0.2) is 5.11 Å². The topological polar surface area (TPSA) is 32.3 Å². The number of para-hydroxylation sites is 2.